The molecule has 166 valence electrons. The quantitative estimate of drug-likeness (QED) is 0.638. The van der Waals surface area contributed by atoms with E-state index in [4.69, 9.17) is 16.3 Å². The van der Waals surface area contributed by atoms with E-state index in [0.717, 1.165) is 42.4 Å². The van der Waals surface area contributed by atoms with E-state index in [1.54, 1.807) is 24.0 Å². The number of rotatable bonds is 8. The molecule has 31 heavy (non-hydrogen) atoms. The van der Waals surface area contributed by atoms with E-state index in [2.05, 4.69) is 11.4 Å². The average molecular weight is 443 g/mol. The second-order valence-electron chi connectivity index (χ2n) is 8.43. The molecular weight excluding hydrogens is 412 g/mol. The molecule has 0 spiro atoms. The van der Waals surface area contributed by atoms with Crippen molar-refractivity contribution in [2.24, 2.45) is 0 Å². The zero-order chi connectivity index (χ0) is 22.4. The van der Waals surface area contributed by atoms with Crippen LogP contribution in [-0.4, -0.2) is 35.4 Å². The van der Waals surface area contributed by atoms with E-state index >= 15 is 0 Å². The molecule has 0 bridgehead atoms. The third kappa shape index (κ3) is 6.73. The van der Waals surface area contributed by atoms with Crippen molar-refractivity contribution in [3.05, 3.63) is 64.2 Å². The lowest BCUT2D eigenvalue weighted by Crippen LogP contribution is -2.50. The van der Waals surface area contributed by atoms with E-state index in [-0.39, 0.29) is 24.5 Å². The first kappa shape index (κ1) is 23.1. The lowest BCUT2D eigenvalue weighted by molar-refractivity contribution is -0.142. The smallest absolute Gasteiger partial charge is 0.261 e. The fourth-order valence-corrected chi connectivity index (χ4v) is 4.13. The molecule has 0 saturated heterocycles. The van der Waals surface area contributed by atoms with E-state index < -0.39 is 6.04 Å². The molecule has 1 aliphatic rings. The molecule has 2 amide bonds. The first-order valence-corrected chi connectivity index (χ1v) is 11.2. The molecule has 1 fully saturated rings. The van der Waals surface area contributed by atoms with Crippen molar-refractivity contribution in [3.8, 4) is 5.75 Å². The van der Waals surface area contributed by atoms with Gasteiger partial charge >= 0.3 is 0 Å². The topological polar surface area (TPSA) is 58.6 Å². The molecule has 1 saturated carbocycles. The van der Waals surface area contributed by atoms with Gasteiger partial charge in [-0.05, 0) is 74.6 Å². The number of carbonyl (C=O) groups is 2. The Labute approximate surface area is 189 Å². The molecular formula is C25H31ClN2O3. The molecule has 0 heterocycles. The molecule has 2 aromatic rings. The van der Waals surface area contributed by atoms with Crippen molar-refractivity contribution in [2.75, 3.05) is 6.61 Å². The summed E-state index contributed by atoms with van der Waals surface area (Å²) in [4.78, 5) is 27.6. The van der Waals surface area contributed by atoms with Crippen molar-refractivity contribution in [1.29, 1.82) is 0 Å². The van der Waals surface area contributed by atoms with Crippen LogP contribution in [0.3, 0.4) is 0 Å². The summed E-state index contributed by atoms with van der Waals surface area (Å²) >= 11 is 6.00. The van der Waals surface area contributed by atoms with Gasteiger partial charge in [0.25, 0.3) is 5.91 Å². The lowest BCUT2D eigenvalue weighted by atomic mass is 10.1. The Morgan fingerprint density at radius 2 is 1.71 bits per heavy atom. The number of aryl methyl sites for hydroxylation is 2. The van der Waals surface area contributed by atoms with Gasteiger partial charge in [-0.25, -0.2) is 0 Å². The fraction of sp³-hybridized carbons (Fsp3) is 0.440. The van der Waals surface area contributed by atoms with Crippen LogP contribution in [0.1, 0.15) is 49.3 Å². The van der Waals surface area contributed by atoms with Gasteiger partial charge in [0, 0.05) is 17.6 Å². The van der Waals surface area contributed by atoms with Crippen molar-refractivity contribution in [1.82, 2.24) is 10.2 Å². The first-order chi connectivity index (χ1) is 14.8. The summed E-state index contributed by atoms with van der Waals surface area (Å²) in [6.07, 6.45) is 4.27. The number of amides is 2. The zero-order valence-corrected chi connectivity index (χ0v) is 19.2. The van der Waals surface area contributed by atoms with Crippen molar-refractivity contribution < 1.29 is 14.3 Å². The maximum absolute atomic E-state index is 13.1. The van der Waals surface area contributed by atoms with Crippen LogP contribution >= 0.6 is 11.6 Å². The van der Waals surface area contributed by atoms with Crippen LogP contribution in [0.4, 0.5) is 0 Å². The fourth-order valence-electron chi connectivity index (χ4n) is 4.01. The van der Waals surface area contributed by atoms with Crippen molar-refractivity contribution >= 4 is 23.4 Å². The van der Waals surface area contributed by atoms with Crippen LogP contribution in [0.2, 0.25) is 5.02 Å². The summed E-state index contributed by atoms with van der Waals surface area (Å²) < 4.78 is 5.79. The predicted molar refractivity (Wildman–Crippen MR) is 123 cm³/mol. The summed E-state index contributed by atoms with van der Waals surface area (Å²) in [5.41, 5.74) is 3.05. The Hall–Kier alpha value is -2.53. The Kier molecular flexibility index (Phi) is 7.97. The third-order valence-corrected chi connectivity index (χ3v) is 5.94. The van der Waals surface area contributed by atoms with Crippen LogP contribution in [0.25, 0.3) is 0 Å². The largest absolute Gasteiger partial charge is 0.484 e. The van der Waals surface area contributed by atoms with Gasteiger partial charge in [-0.1, -0.05) is 42.6 Å². The molecule has 0 aliphatic heterocycles. The van der Waals surface area contributed by atoms with Crippen LogP contribution in [0, 0.1) is 13.8 Å². The Bertz CT molecular complexity index is 887. The second kappa shape index (κ2) is 10.7. The second-order valence-corrected chi connectivity index (χ2v) is 8.86. The van der Waals surface area contributed by atoms with Gasteiger partial charge in [-0.15, -0.1) is 0 Å². The van der Waals surface area contributed by atoms with Crippen molar-refractivity contribution in [2.45, 2.75) is 65.1 Å². The van der Waals surface area contributed by atoms with E-state index in [1.807, 2.05) is 38.1 Å². The number of ether oxygens (including phenoxy) is 1. The molecule has 1 N–H and O–H groups in total. The highest BCUT2D eigenvalue weighted by Gasteiger charge is 2.28. The minimum Gasteiger partial charge on any atom is -0.484 e. The van der Waals surface area contributed by atoms with E-state index in [0.29, 0.717) is 17.3 Å². The van der Waals surface area contributed by atoms with Crippen LogP contribution in [-0.2, 0) is 16.1 Å². The third-order valence-electron chi connectivity index (χ3n) is 5.69. The summed E-state index contributed by atoms with van der Waals surface area (Å²) in [5.74, 6) is 0.296. The Morgan fingerprint density at radius 1 is 1.10 bits per heavy atom. The highest BCUT2D eigenvalue weighted by molar-refractivity contribution is 6.30. The minimum absolute atomic E-state index is 0.124. The van der Waals surface area contributed by atoms with Gasteiger partial charge in [0.1, 0.15) is 11.8 Å². The Morgan fingerprint density at radius 3 is 2.32 bits per heavy atom. The van der Waals surface area contributed by atoms with Gasteiger partial charge in [-0.3, -0.25) is 9.59 Å². The number of halogens is 1. The first-order valence-electron chi connectivity index (χ1n) is 10.9. The summed E-state index contributed by atoms with van der Waals surface area (Å²) in [6, 6.07) is 12.8. The molecule has 1 aliphatic carbocycles. The number of nitrogens with one attached hydrogen (secondary N) is 1. The molecule has 6 heteroatoms. The summed E-state index contributed by atoms with van der Waals surface area (Å²) in [6.45, 7) is 5.94. The van der Waals surface area contributed by atoms with Crippen molar-refractivity contribution in [3.63, 3.8) is 0 Å². The van der Waals surface area contributed by atoms with Gasteiger partial charge in [0.2, 0.25) is 5.91 Å². The highest BCUT2D eigenvalue weighted by atomic mass is 35.5. The maximum atomic E-state index is 13.1. The predicted octanol–water partition coefficient (Wildman–Crippen LogP) is 4.81. The van der Waals surface area contributed by atoms with Crippen LogP contribution in [0.15, 0.2) is 42.5 Å². The zero-order valence-electron chi connectivity index (χ0n) is 18.5. The molecule has 3 rings (SSSR count). The average Bonchev–Trinajstić information content (AvgIpc) is 3.23. The lowest BCUT2D eigenvalue weighted by Gasteiger charge is -2.29. The summed E-state index contributed by atoms with van der Waals surface area (Å²) in [5, 5.41) is 3.73. The van der Waals surface area contributed by atoms with E-state index in [1.165, 1.54) is 0 Å². The number of hydrogen-bond donors (Lipinski definition) is 1. The number of carbonyl (C=O) groups excluding carboxylic acids is 2. The summed E-state index contributed by atoms with van der Waals surface area (Å²) in [7, 11) is 0. The monoisotopic (exact) mass is 442 g/mol. The molecule has 1 unspecified atom stereocenters. The normalized spacial score (nSPS) is 14.8. The molecule has 2 aromatic carbocycles. The maximum Gasteiger partial charge on any atom is 0.261 e. The molecule has 5 nitrogen and oxygen atoms in total. The molecule has 0 aromatic heterocycles. The van der Waals surface area contributed by atoms with Gasteiger partial charge in [0.05, 0.1) is 0 Å². The molecule has 1 atom stereocenters. The number of nitrogens with zero attached hydrogens (tertiary/aromatic N) is 1. The number of hydrogen-bond acceptors (Lipinski definition) is 3. The molecule has 0 radical (unpaired) electrons. The van der Waals surface area contributed by atoms with E-state index in [9.17, 15) is 9.59 Å². The SMILES string of the molecule is Cc1cc(C)cc(OCC(=O)N(Cc2ccc(Cl)cc2)C(C)C(=O)NC2CCCC2)c1. The number of benzene rings is 2. The van der Waals surface area contributed by atoms with Gasteiger partial charge in [0.15, 0.2) is 6.61 Å². The van der Waals surface area contributed by atoms with Gasteiger partial charge in [-0.2, -0.15) is 0 Å². The Balaban J connectivity index is 1.72. The standard InChI is InChI=1S/C25H31ClN2O3/c1-17-12-18(2)14-23(13-17)31-16-24(29)28(15-20-8-10-21(26)11-9-20)19(3)25(30)27-22-6-4-5-7-22/h8-14,19,22H,4-7,15-16H2,1-3H3,(H,27,30). The van der Waals surface area contributed by atoms with Gasteiger partial charge < -0.3 is 15.0 Å². The van der Waals surface area contributed by atoms with Crippen LogP contribution in [0.5, 0.6) is 5.75 Å². The van der Waals surface area contributed by atoms with Crippen LogP contribution < -0.4 is 10.1 Å². The minimum atomic E-state index is -0.605. The highest BCUT2D eigenvalue weighted by Crippen LogP contribution is 2.20.